The van der Waals surface area contributed by atoms with Gasteiger partial charge in [0.15, 0.2) is 6.54 Å². The van der Waals surface area contributed by atoms with Gasteiger partial charge in [0.25, 0.3) is 0 Å². The second-order valence-electron chi connectivity index (χ2n) is 4.06. The molecule has 2 rings (SSSR count). The van der Waals surface area contributed by atoms with Crippen molar-refractivity contribution in [1.29, 1.82) is 0 Å². The first kappa shape index (κ1) is 15.2. The number of aryl methyl sites for hydroxylation is 1. The average molecular weight is 287 g/mol. The summed E-state index contributed by atoms with van der Waals surface area (Å²) in [5.74, 6) is 1.28. The molecule has 1 heterocycles. The molecular weight excluding hydrogens is 270 g/mol. The van der Waals surface area contributed by atoms with Gasteiger partial charge in [-0.1, -0.05) is 29.5 Å². The highest BCUT2D eigenvalue weighted by Gasteiger charge is 2.12. The second-order valence-corrected chi connectivity index (χ2v) is 6.72. The number of rotatable bonds is 1. The highest BCUT2D eigenvalue weighted by molar-refractivity contribution is 8.13. The first-order chi connectivity index (χ1) is 8.30. The minimum atomic E-state index is -4.27. The summed E-state index contributed by atoms with van der Waals surface area (Å²) >= 11 is 1.95. The fraction of sp³-hybridized carbons (Fsp3) is 0.417. The van der Waals surface area contributed by atoms with Crippen LogP contribution in [0.15, 0.2) is 29.2 Å². The Kier molecular flexibility index (Phi) is 5.37. The predicted octanol–water partition coefficient (Wildman–Crippen LogP) is 1.69. The second kappa shape index (κ2) is 6.36. The van der Waals surface area contributed by atoms with Gasteiger partial charge in [0, 0.05) is 6.92 Å². The van der Waals surface area contributed by atoms with E-state index >= 15 is 0 Å². The van der Waals surface area contributed by atoms with Crippen molar-refractivity contribution in [3.63, 3.8) is 0 Å². The van der Waals surface area contributed by atoms with E-state index in [9.17, 15) is 13.0 Å². The van der Waals surface area contributed by atoms with Crippen molar-refractivity contribution in [2.24, 2.45) is 0 Å². The van der Waals surface area contributed by atoms with Crippen LogP contribution in [-0.2, 0) is 10.1 Å². The lowest BCUT2D eigenvalue weighted by molar-refractivity contribution is -0.486. The summed E-state index contributed by atoms with van der Waals surface area (Å²) in [7, 11) is -2.14. The molecule has 1 aromatic rings. The highest BCUT2D eigenvalue weighted by atomic mass is 32.2. The molecule has 4 nitrogen and oxygen atoms in total. The van der Waals surface area contributed by atoms with Crippen molar-refractivity contribution < 1.29 is 17.5 Å². The first-order valence-electron chi connectivity index (χ1n) is 5.51. The molecule has 0 unspecified atom stereocenters. The molecule has 0 atom stereocenters. The lowest BCUT2D eigenvalue weighted by atomic mass is 10.2. The zero-order valence-electron chi connectivity index (χ0n) is 10.7. The van der Waals surface area contributed by atoms with Crippen molar-refractivity contribution in [3.8, 4) is 0 Å². The number of hydrogen-bond acceptors (Lipinski definition) is 4. The quantitative estimate of drug-likeness (QED) is 0.582. The molecule has 0 amide bonds. The molecule has 0 saturated carbocycles. The van der Waals surface area contributed by atoms with Gasteiger partial charge in [-0.3, -0.25) is 0 Å². The van der Waals surface area contributed by atoms with Gasteiger partial charge in [0.05, 0.1) is 10.6 Å². The van der Waals surface area contributed by atoms with Crippen LogP contribution in [0.5, 0.6) is 0 Å². The van der Waals surface area contributed by atoms with Crippen molar-refractivity contribution >= 4 is 26.9 Å². The third-order valence-corrected chi connectivity index (χ3v) is 4.55. The van der Waals surface area contributed by atoms with Gasteiger partial charge < -0.3 is 4.55 Å². The van der Waals surface area contributed by atoms with Crippen LogP contribution in [0.4, 0.5) is 0 Å². The van der Waals surface area contributed by atoms with E-state index in [2.05, 4.69) is 18.5 Å². The Morgan fingerprint density at radius 3 is 2.06 bits per heavy atom. The number of hydrogen-bond donors (Lipinski definition) is 0. The van der Waals surface area contributed by atoms with Crippen LogP contribution in [0.2, 0.25) is 0 Å². The fourth-order valence-corrected chi connectivity index (χ4v) is 2.74. The van der Waals surface area contributed by atoms with Gasteiger partial charge in [0.2, 0.25) is 5.04 Å². The lowest BCUT2D eigenvalue weighted by Crippen LogP contribution is -2.04. The van der Waals surface area contributed by atoms with Gasteiger partial charge in [-0.05, 0) is 19.1 Å². The standard InChI is InChI=1S/C7H8O3S.C5H10NS/c1-6-2-4-7(5-3-6)11(8,9)10;1-5-6(2)3-4-7-5/h2-5H,1H3,(H,8,9,10);3-4H2,1-2H3/q;+1/p-1. The van der Waals surface area contributed by atoms with E-state index in [4.69, 9.17) is 0 Å². The van der Waals surface area contributed by atoms with E-state index in [-0.39, 0.29) is 4.90 Å². The predicted molar refractivity (Wildman–Crippen MR) is 73.3 cm³/mol. The normalized spacial score (nSPS) is 15.3. The molecule has 0 saturated heterocycles. The highest BCUT2D eigenvalue weighted by Crippen LogP contribution is 2.09. The Bertz CT molecular complexity index is 521. The van der Waals surface area contributed by atoms with Crippen molar-refractivity contribution in [3.05, 3.63) is 29.8 Å². The van der Waals surface area contributed by atoms with Crippen LogP contribution in [0.3, 0.4) is 0 Å². The maximum atomic E-state index is 10.4. The van der Waals surface area contributed by atoms with Crippen LogP contribution in [0.1, 0.15) is 12.5 Å². The van der Waals surface area contributed by atoms with Gasteiger partial charge in [-0.2, -0.15) is 0 Å². The molecule has 100 valence electrons. The number of nitrogens with zero attached hydrogens (tertiary/aromatic N) is 1. The van der Waals surface area contributed by atoms with Gasteiger partial charge in [0.1, 0.15) is 17.2 Å². The summed E-state index contributed by atoms with van der Waals surface area (Å²) in [6, 6.07) is 5.78. The molecule has 0 spiro atoms. The largest absolute Gasteiger partial charge is 0.744 e. The SMILES string of the molecule is CC1=[N+](C)CCS1.Cc1ccc(S(=O)(=O)[O-])cc1. The van der Waals surface area contributed by atoms with Crippen molar-refractivity contribution in [2.75, 3.05) is 19.3 Å². The molecule has 0 radical (unpaired) electrons. The number of thioether (sulfide) groups is 1. The van der Waals surface area contributed by atoms with E-state index in [0.717, 1.165) is 5.56 Å². The van der Waals surface area contributed by atoms with E-state index in [0.29, 0.717) is 0 Å². The topological polar surface area (TPSA) is 60.2 Å². The van der Waals surface area contributed by atoms with Crippen molar-refractivity contribution in [1.82, 2.24) is 0 Å². The summed E-state index contributed by atoms with van der Waals surface area (Å²) < 4.78 is 33.4. The minimum absolute atomic E-state index is 0.178. The van der Waals surface area contributed by atoms with E-state index in [1.807, 2.05) is 18.7 Å². The molecule has 1 aliphatic rings. The number of benzene rings is 1. The molecule has 1 aliphatic heterocycles. The fourth-order valence-electron chi connectivity index (χ4n) is 1.30. The average Bonchev–Trinajstić information content (AvgIpc) is 2.63. The molecule has 0 aliphatic carbocycles. The molecule has 0 N–H and O–H groups in total. The molecule has 0 aromatic heterocycles. The van der Waals surface area contributed by atoms with Crippen LogP contribution in [-0.4, -0.2) is 41.9 Å². The van der Waals surface area contributed by atoms with Crippen LogP contribution in [0.25, 0.3) is 0 Å². The Labute approximate surface area is 112 Å². The maximum absolute atomic E-state index is 10.4. The molecular formula is C12H17NO3S2. The molecule has 18 heavy (non-hydrogen) atoms. The van der Waals surface area contributed by atoms with E-state index in [1.165, 1.54) is 29.5 Å². The molecule has 0 fully saturated rings. The maximum Gasteiger partial charge on any atom is 0.207 e. The monoisotopic (exact) mass is 287 g/mol. The summed E-state index contributed by atoms with van der Waals surface area (Å²) in [5, 5.41) is 1.46. The Balaban J connectivity index is 0.000000199. The van der Waals surface area contributed by atoms with E-state index < -0.39 is 10.1 Å². The minimum Gasteiger partial charge on any atom is -0.744 e. The molecule has 0 bridgehead atoms. The van der Waals surface area contributed by atoms with Gasteiger partial charge in [-0.15, -0.1) is 0 Å². The Morgan fingerprint density at radius 2 is 1.78 bits per heavy atom. The summed E-state index contributed by atoms with van der Waals surface area (Å²) in [4.78, 5) is -0.178. The third kappa shape index (κ3) is 4.80. The summed E-state index contributed by atoms with van der Waals surface area (Å²) in [5.41, 5.74) is 0.928. The van der Waals surface area contributed by atoms with Crippen LogP contribution >= 0.6 is 11.8 Å². The summed E-state index contributed by atoms with van der Waals surface area (Å²) in [6.45, 7) is 5.22. The zero-order chi connectivity index (χ0) is 13.8. The van der Waals surface area contributed by atoms with Crippen LogP contribution < -0.4 is 0 Å². The smallest absolute Gasteiger partial charge is 0.207 e. The Morgan fingerprint density at radius 1 is 1.22 bits per heavy atom. The van der Waals surface area contributed by atoms with Crippen molar-refractivity contribution in [2.45, 2.75) is 18.7 Å². The zero-order valence-corrected chi connectivity index (χ0v) is 12.3. The Hall–Kier alpha value is -0.850. The van der Waals surface area contributed by atoms with Gasteiger partial charge >= 0.3 is 0 Å². The van der Waals surface area contributed by atoms with Gasteiger partial charge in [-0.25, -0.2) is 13.0 Å². The third-order valence-electron chi connectivity index (χ3n) is 2.58. The first-order valence-corrected chi connectivity index (χ1v) is 7.90. The van der Waals surface area contributed by atoms with Crippen LogP contribution in [0, 0.1) is 6.92 Å². The lowest BCUT2D eigenvalue weighted by Gasteiger charge is -2.05. The summed E-state index contributed by atoms with van der Waals surface area (Å²) in [6.07, 6.45) is 0. The molecule has 6 heteroatoms. The molecule has 1 aromatic carbocycles. The van der Waals surface area contributed by atoms with E-state index in [1.54, 1.807) is 12.1 Å².